The lowest BCUT2D eigenvalue weighted by atomic mass is 10.0. The van der Waals surface area contributed by atoms with Crippen molar-refractivity contribution in [1.82, 2.24) is 15.5 Å². The summed E-state index contributed by atoms with van der Waals surface area (Å²) in [6.07, 6.45) is 1.72. The molecule has 6 nitrogen and oxygen atoms in total. The molecule has 2 atom stereocenters. The molecule has 3 heterocycles. The number of thiophene rings is 1. The predicted molar refractivity (Wildman–Crippen MR) is 119 cm³/mol. The fraction of sp³-hybridized carbons (Fsp3) is 0.476. The van der Waals surface area contributed by atoms with Gasteiger partial charge in [-0.1, -0.05) is 30.3 Å². The summed E-state index contributed by atoms with van der Waals surface area (Å²) in [5.74, 6) is 1.11. The molecule has 29 heavy (non-hydrogen) atoms. The van der Waals surface area contributed by atoms with E-state index in [1.54, 1.807) is 7.05 Å². The first kappa shape index (κ1) is 20.4. The number of hydrogen-bond acceptors (Lipinski definition) is 5. The van der Waals surface area contributed by atoms with Crippen LogP contribution in [0.2, 0.25) is 0 Å². The van der Waals surface area contributed by atoms with Crippen LogP contribution in [0.15, 0.2) is 46.8 Å². The van der Waals surface area contributed by atoms with Gasteiger partial charge in [-0.2, -0.15) is 0 Å². The highest BCUT2D eigenvalue weighted by atomic mass is 32.2. The first-order valence-corrected chi connectivity index (χ1v) is 12.8. The van der Waals surface area contributed by atoms with Crippen LogP contribution in [-0.2, 0) is 22.8 Å². The van der Waals surface area contributed by atoms with E-state index in [0.29, 0.717) is 18.9 Å². The number of sulfone groups is 1. The molecule has 8 heteroatoms. The Balaban J connectivity index is 1.44. The van der Waals surface area contributed by atoms with E-state index in [2.05, 4.69) is 56.2 Å². The summed E-state index contributed by atoms with van der Waals surface area (Å²) >= 11 is 1.85. The van der Waals surface area contributed by atoms with Crippen LogP contribution >= 0.6 is 11.3 Å². The van der Waals surface area contributed by atoms with E-state index < -0.39 is 9.84 Å². The van der Waals surface area contributed by atoms with Gasteiger partial charge in [-0.3, -0.25) is 9.89 Å². The molecule has 2 unspecified atom stereocenters. The second-order valence-electron chi connectivity index (χ2n) is 7.71. The van der Waals surface area contributed by atoms with Gasteiger partial charge in [0.1, 0.15) is 0 Å². The molecule has 0 aliphatic carbocycles. The van der Waals surface area contributed by atoms with Crippen molar-refractivity contribution in [1.29, 1.82) is 0 Å². The molecule has 2 aliphatic rings. The molecule has 0 amide bonds. The second-order valence-corrected chi connectivity index (χ2v) is 10.9. The smallest absolute Gasteiger partial charge is 0.191 e. The van der Waals surface area contributed by atoms with Crippen LogP contribution in [0.5, 0.6) is 0 Å². The zero-order valence-electron chi connectivity index (χ0n) is 16.7. The second kappa shape index (κ2) is 8.85. The lowest BCUT2D eigenvalue weighted by Gasteiger charge is -2.35. The number of fused-ring (bicyclic) bond motifs is 1. The molecule has 1 fully saturated rings. The van der Waals surface area contributed by atoms with Gasteiger partial charge < -0.3 is 10.6 Å². The molecule has 156 valence electrons. The van der Waals surface area contributed by atoms with Gasteiger partial charge in [0.05, 0.1) is 17.5 Å². The lowest BCUT2D eigenvalue weighted by molar-refractivity contribution is 0.181. The Morgan fingerprint density at radius 3 is 2.86 bits per heavy atom. The third-order valence-electron chi connectivity index (χ3n) is 5.72. The zero-order chi connectivity index (χ0) is 20.3. The topological polar surface area (TPSA) is 73.8 Å². The standard InChI is InChI=1S/C21H28N4O2S2/c1-22-21(24-18-9-12-29(26,27)15-18)23-13-19(16-5-3-2-4-6-16)25-10-7-20-17(14-25)8-11-28-20/h2-6,8,11,18-19H,7,9-10,12-15H2,1H3,(H2,22,23,24). The molecule has 4 rings (SSSR count). The highest BCUT2D eigenvalue weighted by Crippen LogP contribution is 2.30. The molecule has 2 aliphatic heterocycles. The molecular weight excluding hydrogens is 404 g/mol. The maximum Gasteiger partial charge on any atom is 0.191 e. The molecule has 0 radical (unpaired) electrons. The number of nitrogens with one attached hydrogen (secondary N) is 2. The van der Waals surface area contributed by atoms with Crippen molar-refractivity contribution in [2.45, 2.75) is 31.5 Å². The van der Waals surface area contributed by atoms with E-state index in [1.165, 1.54) is 16.0 Å². The van der Waals surface area contributed by atoms with Gasteiger partial charge in [0.25, 0.3) is 0 Å². The Kier molecular flexibility index (Phi) is 6.22. The molecule has 1 saturated heterocycles. The molecule has 0 spiro atoms. The maximum absolute atomic E-state index is 11.7. The molecular formula is C21H28N4O2S2. The van der Waals surface area contributed by atoms with E-state index in [9.17, 15) is 8.42 Å². The van der Waals surface area contributed by atoms with Gasteiger partial charge in [-0.05, 0) is 35.4 Å². The van der Waals surface area contributed by atoms with Crippen LogP contribution in [0.25, 0.3) is 0 Å². The van der Waals surface area contributed by atoms with E-state index in [1.807, 2.05) is 17.4 Å². The first-order valence-electron chi connectivity index (χ1n) is 10.1. The Bertz CT molecular complexity index is 956. The zero-order valence-corrected chi connectivity index (χ0v) is 18.3. The molecule has 0 saturated carbocycles. The minimum Gasteiger partial charge on any atom is -0.354 e. The highest BCUT2D eigenvalue weighted by molar-refractivity contribution is 7.91. The quantitative estimate of drug-likeness (QED) is 0.560. The number of aliphatic imine (C=N–C) groups is 1. The Morgan fingerprint density at radius 2 is 2.14 bits per heavy atom. The van der Waals surface area contributed by atoms with Crippen molar-refractivity contribution in [2.75, 3.05) is 31.6 Å². The first-order chi connectivity index (χ1) is 14.0. The largest absolute Gasteiger partial charge is 0.354 e. The third-order valence-corrected chi connectivity index (χ3v) is 8.51. The van der Waals surface area contributed by atoms with Crippen LogP contribution in [0.3, 0.4) is 0 Å². The molecule has 2 N–H and O–H groups in total. The van der Waals surface area contributed by atoms with Gasteiger partial charge in [0.15, 0.2) is 15.8 Å². The van der Waals surface area contributed by atoms with Crippen molar-refractivity contribution in [2.24, 2.45) is 4.99 Å². The van der Waals surface area contributed by atoms with Crippen molar-refractivity contribution in [3.8, 4) is 0 Å². The van der Waals surface area contributed by atoms with E-state index >= 15 is 0 Å². The van der Waals surface area contributed by atoms with Crippen LogP contribution < -0.4 is 10.6 Å². The number of rotatable bonds is 5. The summed E-state index contributed by atoms with van der Waals surface area (Å²) in [5.41, 5.74) is 2.71. The monoisotopic (exact) mass is 432 g/mol. The summed E-state index contributed by atoms with van der Waals surface area (Å²) in [7, 11) is -1.19. The Morgan fingerprint density at radius 1 is 1.31 bits per heavy atom. The van der Waals surface area contributed by atoms with Crippen molar-refractivity contribution in [3.63, 3.8) is 0 Å². The van der Waals surface area contributed by atoms with Crippen LogP contribution in [0.1, 0.15) is 28.5 Å². The normalized spacial score (nSPS) is 22.8. The fourth-order valence-corrected chi connectivity index (χ4v) is 6.72. The minimum atomic E-state index is -2.92. The average Bonchev–Trinajstić information content (AvgIpc) is 3.33. The predicted octanol–water partition coefficient (Wildman–Crippen LogP) is 2.20. The summed E-state index contributed by atoms with van der Waals surface area (Å²) < 4.78 is 23.5. The molecule has 2 aromatic rings. The summed E-state index contributed by atoms with van der Waals surface area (Å²) in [6.45, 7) is 2.69. The van der Waals surface area contributed by atoms with Crippen molar-refractivity contribution in [3.05, 3.63) is 57.8 Å². The minimum absolute atomic E-state index is 0.0651. The summed E-state index contributed by atoms with van der Waals surface area (Å²) in [6, 6.07) is 13.0. The maximum atomic E-state index is 11.7. The van der Waals surface area contributed by atoms with Crippen LogP contribution in [-0.4, -0.2) is 57.0 Å². The summed E-state index contributed by atoms with van der Waals surface area (Å²) in [4.78, 5) is 8.34. The van der Waals surface area contributed by atoms with Crippen molar-refractivity contribution < 1.29 is 8.42 Å². The number of benzene rings is 1. The third kappa shape index (κ3) is 4.99. The van der Waals surface area contributed by atoms with E-state index in [-0.39, 0.29) is 23.6 Å². The lowest BCUT2D eigenvalue weighted by Crippen LogP contribution is -2.47. The van der Waals surface area contributed by atoms with Gasteiger partial charge in [0.2, 0.25) is 0 Å². The summed E-state index contributed by atoms with van der Waals surface area (Å²) in [5, 5.41) is 8.91. The van der Waals surface area contributed by atoms with E-state index in [4.69, 9.17) is 0 Å². The Hall–Kier alpha value is -1.90. The Labute approximate surface area is 177 Å². The van der Waals surface area contributed by atoms with Crippen LogP contribution in [0.4, 0.5) is 0 Å². The number of nitrogens with zero attached hydrogens (tertiary/aromatic N) is 2. The SMILES string of the molecule is CN=C(NCC(c1ccccc1)N1CCc2sccc2C1)NC1CCS(=O)(=O)C1. The van der Waals surface area contributed by atoms with Gasteiger partial charge in [-0.25, -0.2) is 8.42 Å². The van der Waals surface area contributed by atoms with Gasteiger partial charge in [-0.15, -0.1) is 11.3 Å². The molecule has 1 aromatic carbocycles. The van der Waals surface area contributed by atoms with Crippen LogP contribution in [0, 0.1) is 0 Å². The molecule has 1 aromatic heterocycles. The van der Waals surface area contributed by atoms with Gasteiger partial charge >= 0.3 is 0 Å². The molecule has 0 bridgehead atoms. The average molecular weight is 433 g/mol. The van der Waals surface area contributed by atoms with Gasteiger partial charge in [0, 0.05) is 37.6 Å². The number of guanidine groups is 1. The van der Waals surface area contributed by atoms with E-state index in [0.717, 1.165) is 19.5 Å². The number of hydrogen-bond donors (Lipinski definition) is 2. The van der Waals surface area contributed by atoms with Crippen molar-refractivity contribution >= 4 is 27.1 Å². The fourth-order valence-electron chi connectivity index (χ4n) is 4.16. The highest BCUT2D eigenvalue weighted by Gasteiger charge is 2.29.